The number of carbonyl (C=O) groups is 1. The van der Waals surface area contributed by atoms with Crippen LogP contribution >= 0.6 is 0 Å². The molecule has 0 aromatic rings. The molecule has 19 heavy (non-hydrogen) atoms. The van der Waals surface area contributed by atoms with E-state index in [1.807, 2.05) is 13.8 Å². The van der Waals surface area contributed by atoms with Gasteiger partial charge >= 0.3 is 12.1 Å². The second-order valence-electron chi connectivity index (χ2n) is 4.85. The summed E-state index contributed by atoms with van der Waals surface area (Å²) in [7, 11) is 0. The maximum Gasteiger partial charge on any atom is 0.497 e. The summed E-state index contributed by atoms with van der Waals surface area (Å²) < 4.78 is 37.1. The van der Waals surface area contributed by atoms with Crippen molar-refractivity contribution in [2.45, 2.75) is 45.3 Å². The van der Waals surface area contributed by atoms with Gasteiger partial charge in [0.25, 0.3) is 0 Å². The zero-order valence-corrected chi connectivity index (χ0v) is 11.4. The molecule has 1 atom stereocenters. The lowest BCUT2D eigenvalue weighted by molar-refractivity contribution is -1.11. The molecule has 0 aromatic carbocycles. The van der Waals surface area contributed by atoms with E-state index in [1.54, 1.807) is 0 Å². The first kappa shape index (κ1) is 16.2. The van der Waals surface area contributed by atoms with Crippen LogP contribution in [0.1, 0.15) is 33.1 Å². The van der Waals surface area contributed by atoms with Crippen LogP contribution in [0.25, 0.3) is 0 Å². The van der Waals surface area contributed by atoms with Gasteiger partial charge in [0.2, 0.25) is 0 Å². The highest BCUT2D eigenvalue weighted by molar-refractivity contribution is 5.74. The second-order valence-corrected chi connectivity index (χ2v) is 4.85. The number of halogens is 3. The van der Waals surface area contributed by atoms with Gasteiger partial charge in [0.15, 0.2) is 0 Å². The van der Waals surface area contributed by atoms with E-state index in [0.717, 1.165) is 6.54 Å². The van der Waals surface area contributed by atoms with E-state index in [0.29, 0.717) is 38.9 Å². The molecule has 0 aliphatic carbocycles. The number of hydrogen-bond acceptors (Lipinski definition) is 3. The summed E-state index contributed by atoms with van der Waals surface area (Å²) in [5, 5.41) is 3.13. The van der Waals surface area contributed by atoms with E-state index >= 15 is 0 Å². The first-order chi connectivity index (χ1) is 8.85. The van der Waals surface area contributed by atoms with Gasteiger partial charge in [-0.15, -0.1) is 4.65 Å². The van der Waals surface area contributed by atoms with Gasteiger partial charge in [-0.05, 0) is 0 Å². The first-order valence-electron chi connectivity index (χ1n) is 6.74. The predicted molar refractivity (Wildman–Crippen MR) is 64.0 cm³/mol. The van der Waals surface area contributed by atoms with Crippen LogP contribution in [0.3, 0.4) is 0 Å². The monoisotopic (exact) mass is 283 g/mol. The minimum absolute atomic E-state index is 0.0915. The molecule has 0 spiro atoms. The lowest BCUT2D eigenvalue weighted by Crippen LogP contribution is -2.59. The number of hydroxylamine groups is 3. The van der Waals surface area contributed by atoms with Crippen LogP contribution in [0.15, 0.2) is 0 Å². The molecule has 1 fully saturated rings. The van der Waals surface area contributed by atoms with Crippen LogP contribution in [0.5, 0.6) is 0 Å². The molecule has 1 aliphatic heterocycles. The fraction of sp³-hybridized carbons (Fsp3) is 0.917. The summed E-state index contributed by atoms with van der Waals surface area (Å²) in [5.41, 5.74) is 0. The number of carbonyl (C=O) groups excluding carboxylic acids is 1. The molecular formula is C12H22F3N2O2+. The summed E-state index contributed by atoms with van der Waals surface area (Å²) in [6.45, 7) is 5.93. The molecule has 0 saturated carbocycles. The number of rotatable bonds is 4. The molecule has 1 unspecified atom stereocenters. The van der Waals surface area contributed by atoms with Gasteiger partial charge in [0.05, 0.1) is 0 Å². The molecule has 0 aromatic heterocycles. The fourth-order valence-corrected chi connectivity index (χ4v) is 2.68. The van der Waals surface area contributed by atoms with Crippen LogP contribution in [-0.4, -0.2) is 49.0 Å². The van der Waals surface area contributed by atoms with Crippen molar-refractivity contribution >= 4 is 5.97 Å². The fourth-order valence-electron chi connectivity index (χ4n) is 2.68. The van der Waals surface area contributed by atoms with Crippen LogP contribution in [-0.2, 0) is 9.63 Å². The first-order valence-corrected chi connectivity index (χ1v) is 6.74. The molecule has 7 heteroatoms. The number of alkyl halides is 3. The molecule has 0 radical (unpaired) electrons. The summed E-state index contributed by atoms with van der Waals surface area (Å²) in [5.74, 6) is -2.08. The van der Waals surface area contributed by atoms with Gasteiger partial charge in [-0.25, -0.2) is 4.79 Å². The molecule has 1 saturated heterocycles. The molecule has 0 amide bonds. The highest BCUT2D eigenvalue weighted by atomic mass is 19.4. The van der Waals surface area contributed by atoms with Crippen LogP contribution in [0.4, 0.5) is 13.2 Å². The van der Waals surface area contributed by atoms with Crippen molar-refractivity contribution in [2.75, 3.05) is 26.2 Å². The standard InChI is InChI=1S/C12H22F3N2O2/c1-3-10(4-2)17(8-5-6-16-7-9-17)19-11(18)12(13,14)15/h10,16H,3-9H2,1-2H3/q+1. The van der Waals surface area contributed by atoms with E-state index in [-0.39, 0.29) is 10.7 Å². The summed E-state index contributed by atoms with van der Waals surface area (Å²) in [4.78, 5) is 16.1. The normalized spacial score (nSPS) is 25.2. The highest BCUT2D eigenvalue weighted by Gasteiger charge is 2.50. The van der Waals surface area contributed by atoms with Gasteiger partial charge in [0, 0.05) is 32.4 Å². The van der Waals surface area contributed by atoms with Crippen molar-refractivity contribution in [2.24, 2.45) is 0 Å². The Hall–Kier alpha value is -0.820. The van der Waals surface area contributed by atoms with Crippen molar-refractivity contribution in [3.63, 3.8) is 0 Å². The number of hydrogen-bond donors (Lipinski definition) is 1. The summed E-state index contributed by atoms with van der Waals surface area (Å²) in [6, 6.07) is -0.0915. The van der Waals surface area contributed by atoms with Crippen molar-refractivity contribution < 1.29 is 27.4 Å². The van der Waals surface area contributed by atoms with E-state index < -0.39 is 12.1 Å². The Balaban J connectivity index is 2.93. The number of nitrogens with zero attached hydrogens (tertiary/aromatic N) is 1. The highest BCUT2D eigenvalue weighted by Crippen LogP contribution is 2.27. The van der Waals surface area contributed by atoms with E-state index in [9.17, 15) is 18.0 Å². The van der Waals surface area contributed by atoms with Crippen molar-refractivity contribution in [1.29, 1.82) is 0 Å². The van der Waals surface area contributed by atoms with Gasteiger partial charge in [-0.2, -0.15) is 13.2 Å². The Morgan fingerprint density at radius 1 is 1.26 bits per heavy atom. The van der Waals surface area contributed by atoms with Crippen LogP contribution in [0.2, 0.25) is 0 Å². The Labute approximate surface area is 111 Å². The SMILES string of the molecule is CCC(CC)[N+]1(OC(=O)C(F)(F)F)CCCNCC1. The maximum absolute atomic E-state index is 12.4. The van der Waals surface area contributed by atoms with Crippen molar-refractivity contribution in [3.05, 3.63) is 0 Å². The average molecular weight is 283 g/mol. The summed E-state index contributed by atoms with van der Waals surface area (Å²) >= 11 is 0. The molecular weight excluding hydrogens is 261 g/mol. The van der Waals surface area contributed by atoms with E-state index in [4.69, 9.17) is 4.84 Å². The van der Waals surface area contributed by atoms with E-state index in [2.05, 4.69) is 5.32 Å². The molecule has 1 heterocycles. The second kappa shape index (κ2) is 6.56. The van der Waals surface area contributed by atoms with Crippen LogP contribution < -0.4 is 5.32 Å². The zero-order valence-electron chi connectivity index (χ0n) is 11.4. The quantitative estimate of drug-likeness (QED) is 0.802. The smallest absolute Gasteiger partial charge is 0.311 e. The molecule has 1 rings (SSSR count). The zero-order chi connectivity index (χ0) is 14.5. The number of quaternary nitrogens is 1. The summed E-state index contributed by atoms with van der Waals surface area (Å²) in [6.07, 6.45) is -2.87. The lowest BCUT2D eigenvalue weighted by Gasteiger charge is -2.39. The Bertz CT molecular complexity index is 296. The minimum atomic E-state index is -4.93. The number of nitrogens with one attached hydrogen (secondary N) is 1. The molecule has 4 nitrogen and oxygen atoms in total. The Morgan fingerprint density at radius 3 is 2.42 bits per heavy atom. The Kier molecular flexibility index (Phi) is 5.61. The van der Waals surface area contributed by atoms with Gasteiger partial charge in [-0.3, -0.25) is 4.84 Å². The molecule has 112 valence electrons. The molecule has 1 N–H and O–H groups in total. The third-order valence-electron chi connectivity index (χ3n) is 3.66. The topological polar surface area (TPSA) is 38.3 Å². The predicted octanol–water partition coefficient (Wildman–Crippen LogP) is 2.01. The lowest BCUT2D eigenvalue weighted by atomic mass is 10.1. The van der Waals surface area contributed by atoms with E-state index in [1.165, 1.54) is 0 Å². The van der Waals surface area contributed by atoms with Gasteiger partial charge in [-0.1, -0.05) is 13.8 Å². The van der Waals surface area contributed by atoms with Crippen molar-refractivity contribution in [1.82, 2.24) is 5.32 Å². The molecule has 1 aliphatic rings. The van der Waals surface area contributed by atoms with Gasteiger partial charge < -0.3 is 5.32 Å². The minimum Gasteiger partial charge on any atom is -0.311 e. The Morgan fingerprint density at radius 2 is 1.89 bits per heavy atom. The van der Waals surface area contributed by atoms with Crippen LogP contribution in [0, 0.1) is 0 Å². The molecule has 0 bridgehead atoms. The van der Waals surface area contributed by atoms with Gasteiger partial charge in [0.1, 0.15) is 19.1 Å². The third kappa shape index (κ3) is 4.07. The average Bonchev–Trinajstić information content (AvgIpc) is 2.56. The maximum atomic E-state index is 12.4. The third-order valence-corrected chi connectivity index (χ3v) is 3.66. The van der Waals surface area contributed by atoms with Crippen molar-refractivity contribution in [3.8, 4) is 0 Å². The largest absolute Gasteiger partial charge is 0.497 e.